The van der Waals surface area contributed by atoms with Crippen molar-refractivity contribution in [3.05, 3.63) is 35.4 Å². The van der Waals surface area contributed by atoms with Crippen LogP contribution in [0.3, 0.4) is 0 Å². The molecule has 0 unspecified atom stereocenters. The van der Waals surface area contributed by atoms with Crippen LogP contribution >= 0.6 is 12.4 Å². The van der Waals surface area contributed by atoms with Gasteiger partial charge in [0, 0.05) is 12.5 Å². The van der Waals surface area contributed by atoms with Gasteiger partial charge in [-0.05, 0) is 23.5 Å². The molecule has 1 nitrogen and oxygen atoms in total. The molecule has 18 heavy (non-hydrogen) atoms. The molecule has 2 N–H and O–H groups in total. The van der Waals surface area contributed by atoms with E-state index in [0.29, 0.717) is 5.92 Å². The predicted molar refractivity (Wildman–Crippen MR) is 70.0 cm³/mol. The fourth-order valence-corrected chi connectivity index (χ4v) is 1.63. The van der Waals surface area contributed by atoms with Crippen LogP contribution in [0.5, 0.6) is 0 Å². The van der Waals surface area contributed by atoms with Crippen LogP contribution in [0.2, 0.25) is 0 Å². The van der Waals surface area contributed by atoms with E-state index in [1.807, 2.05) is 32.0 Å². The molecule has 104 valence electrons. The Bertz CT molecular complexity index is 363. The zero-order chi connectivity index (χ0) is 13.1. The van der Waals surface area contributed by atoms with Gasteiger partial charge >= 0.3 is 6.18 Å². The minimum atomic E-state index is -4.13. The van der Waals surface area contributed by atoms with Gasteiger partial charge in [0.2, 0.25) is 0 Å². The number of benzene rings is 1. The highest BCUT2D eigenvalue weighted by atomic mass is 35.5. The number of hydrogen-bond donors (Lipinski definition) is 1. The molecule has 1 aromatic rings. The van der Waals surface area contributed by atoms with Crippen LogP contribution in [0, 0.1) is 0 Å². The SMILES string of the molecule is CC(C)c1cccc([C@H](N)CCC(F)(F)F)c1.Cl. The number of alkyl halides is 3. The second-order valence-corrected chi connectivity index (χ2v) is 4.59. The Morgan fingerprint density at radius 1 is 1.17 bits per heavy atom. The Kier molecular flexibility index (Phi) is 6.71. The third kappa shape index (κ3) is 5.74. The van der Waals surface area contributed by atoms with Gasteiger partial charge in [-0.3, -0.25) is 0 Å². The van der Waals surface area contributed by atoms with Gasteiger partial charge in [0.05, 0.1) is 0 Å². The van der Waals surface area contributed by atoms with Gasteiger partial charge in [0.25, 0.3) is 0 Å². The van der Waals surface area contributed by atoms with Gasteiger partial charge in [-0.25, -0.2) is 0 Å². The lowest BCUT2D eigenvalue weighted by molar-refractivity contribution is -0.136. The molecule has 0 saturated heterocycles. The van der Waals surface area contributed by atoms with E-state index in [1.54, 1.807) is 6.07 Å². The van der Waals surface area contributed by atoms with E-state index in [2.05, 4.69) is 0 Å². The molecule has 0 aliphatic heterocycles. The highest BCUT2D eigenvalue weighted by molar-refractivity contribution is 5.85. The third-order valence-electron chi connectivity index (χ3n) is 2.74. The Labute approximate surface area is 112 Å². The van der Waals surface area contributed by atoms with Crippen molar-refractivity contribution in [3.63, 3.8) is 0 Å². The second-order valence-electron chi connectivity index (χ2n) is 4.59. The second kappa shape index (κ2) is 7.00. The Morgan fingerprint density at radius 2 is 1.72 bits per heavy atom. The van der Waals surface area contributed by atoms with Gasteiger partial charge in [-0.2, -0.15) is 13.2 Å². The van der Waals surface area contributed by atoms with Gasteiger partial charge < -0.3 is 5.73 Å². The number of hydrogen-bond acceptors (Lipinski definition) is 1. The molecule has 0 aromatic heterocycles. The van der Waals surface area contributed by atoms with E-state index >= 15 is 0 Å². The number of halogens is 4. The fraction of sp³-hybridized carbons (Fsp3) is 0.538. The zero-order valence-corrected chi connectivity index (χ0v) is 11.3. The molecule has 0 aliphatic rings. The molecule has 1 rings (SSSR count). The topological polar surface area (TPSA) is 26.0 Å². The van der Waals surface area contributed by atoms with Crippen LogP contribution in [0.1, 0.15) is 49.8 Å². The summed E-state index contributed by atoms with van der Waals surface area (Å²) in [5.74, 6) is 0.352. The fourth-order valence-electron chi connectivity index (χ4n) is 1.63. The highest BCUT2D eigenvalue weighted by Gasteiger charge is 2.27. The van der Waals surface area contributed by atoms with Crippen molar-refractivity contribution in [3.8, 4) is 0 Å². The molecule has 1 atom stereocenters. The first kappa shape index (κ1) is 17.3. The summed E-state index contributed by atoms with van der Waals surface area (Å²) in [7, 11) is 0. The van der Waals surface area contributed by atoms with Crippen molar-refractivity contribution in [1.29, 1.82) is 0 Å². The maximum absolute atomic E-state index is 12.1. The summed E-state index contributed by atoms with van der Waals surface area (Å²) in [5.41, 5.74) is 7.65. The van der Waals surface area contributed by atoms with Crippen molar-refractivity contribution >= 4 is 12.4 Å². The zero-order valence-electron chi connectivity index (χ0n) is 10.5. The summed E-state index contributed by atoms with van der Waals surface area (Å²) < 4.78 is 36.3. The van der Waals surface area contributed by atoms with Crippen LogP contribution in [0.25, 0.3) is 0 Å². The molecule has 0 radical (unpaired) electrons. The van der Waals surface area contributed by atoms with Crippen molar-refractivity contribution in [2.75, 3.05) is 0 Å². The van der Waals surface area contributed by atoms with Crippen LogP contribution in [0.4, 0.5) is 13.2 Å². The molecule has 0 saturated carbocycles. The summed E-state index contributed by atoms with van der Waals surface area (Å²) in [6, 6.07) is 6.94. The van der Waals surface area contributed by atoms with Crippen LogP contribution in [-0.2, 0) is 0 Å². The van der Waals surface area contributed by atoms with E-state index in [0.717, 1.165) is 11.1 Å². The molecule has 0 amide bonds. The van der Waals surface area contributed by atoms with Crippen molar-refractivity contribution in [2.45, 2.75) is 44.8 Å². The lowest BCUT2D eigenvalue weighted by Gasteiger charge is -2.15. The maximum Gasteiger partial charge on any atom is 0.389 e. The maximum atomic E-state index is 12.1. The largest absolute Gasteiger partial charge is 0.389 e. The first-order valence-electron chi connectivity index (χ1n) is 5.72. The molecule has 0 bridgehead atoms. The summed E-state index contributed by atoms with van der Waals surface area (Å²) in [6.45, 7) is 4.08. The molecular weight excluding hydrogens is 263 g/mol. The van der Waals surface area contributed by atoms with E-state index in [1.165, 1.54) is 0 Å². The summed E-state index contributed by atoms with van der Waals surface area (Å²) in [6.07, 6.45) is -5.03. The minimum Gasteiger partial charge on any atom is -0.324 e. The standard InChI is InChI=1S/C13H18F3N.ClH/c1-9(2)10-4-3-5-11(8-10)12(17)6-7-13(14,15)16;/h3-5,8-9,12H,6-7,17H2,1-2H3;1H/t12-;/m1./s1. The highest BCUT2D eigenvalue weighted by Crippen LogP contribution is 2.27. The van der Waals surface area contributed by atoms with Crippen molar-refractivity contribution in [1.82, 2.24) is 0 Å². The lowest BCUT2D eigenvalue weighted by Crippen LogP contribution is -2.16. The molecule has 1 aromatic carbocycles. The Hall–Kier alpha value is -0.740. The van der Waals surface area contributed by atoms with Crippen molar-refractivity contribution in [2.24, 2.45) is 5.73 Å². The third-order valence-corrected chi connectivity index (χ3v) is 2.74. The molecule has 0 heterocycles. The van der Waals surface area contributed by atoms with E-state index in [-0.39, 0.29) is 18.8 Å². The lowest BCUT2D eigenvalue weighted by atomic mass is 9.96. The van der Waals surface area contributed by atoms with Gasteiger partial charge in [-0.15, -0.1) is 12.4 Å². The van der Waals surface area contributed by atoms with Gasteiger partial charge in [0.1, 0.15) is 0 Å². The van der Waals surface area contributed by atoms with Crippen molar-refractivity contribution < 1.29 is 13.2 Å². The van der Waals surface area contributed by atoms with Crippen LogP contribution in [-0.4, -0.2) is 6.18 Å². The molecule has 5 heteroatoms. The van der Waals surface area contributed by atoms with Gasteiger partial charge in [-0.1, -0.05) is 38.1 Å². The Morgan fingerprint density at radius 3 is 2.22 bits per heavy atom. The van der Waals surface area contributed by atoms with Crippen LogP contribution < -0.4 is 5.73 Å². The summed E-state index contributed by atoms with van der Waals surface area (Å²) >= 11 is 0. The van der Waals surface area contributed by atoms with Crippen LogP contribution in [0.15, 0.2) is 24.3 Å². The Balaban J connectivity index is 0.00000289. The summed E-state index contributed by atoms with van der Waals surface area (Å²) in [4.78, 5) is 0. The van der Waals surface area contributed by atoms with E-state index in [4.69, 9.17) is 5.73 Å². The number of rotatable bonds is 4. The number of nitrogens with two attached hydrogens (primary N) is 1. The first-order chi connectivity index (χ1) is 7.79. The average Bonchev–Trinajstić information content (AvgIpc) is 2.25. The van der Waals surface area contributed by atoms with E-state index in [9.17, 15) is 13.2 Å². The smallest absolute Gasteiger partial charge is 0.324 e. The normalized spacial score (nSPS) is 13.3. The molecule has 0 aliphatic carbocycles. The predicted octanol–water partition coefficient (Wildman–Crippen LogP) is 4.57. The van der Waals surface area contributed by atoms with Gasteiger partial charge in [0.15, 0.2) is 0 Å². The molecular formula is C13H19ClF3N. The molecule has 0 spiro atoms. The minimum absolute atomic E-state index is 0. The monoisotopic (exact) mass is 281 g/mol. The van der Waals surface area contributed by atoms with E-state index < -0.39 is 18.6 Å². The average molecular weight is 282 g/mol. The summed E-state index contributed by atoms with van der Waals surface area (Å²) in [5, 5.41) is 0. The molecule has 0 fully saturated rings. The first-order valence-corrected chi connectivity index (χ1v) is 5.72. The quantitative estimate of drug-likeness (QED) is 0.859.